The van der Waals surface area contributed by atoms with Gasteiger partial charge in [0.25, 0.3) is 8.32 Å². The fraction of sp³-hybridized carbons (Fsp3) is 0.333. The van der Waals surface area contributed by atoms with Gasteiger partial charge < -0.3 is 39.2 Å². The van der Waals surface area contributed by atoms with Crippen molar-refractivity contribution in [1.82, 2.24) is 9.55 Å². The number of ether oxygens (including phenoxy) is 2. The van der Waals surface area contributed by atoms with Crippen LogP contribution in [0.3, 0.4) is 0 Å². The molecule has 1 heterocycles. The number of phenols is 2. The molecule has 4 N–H and O–H groups in total. The summed E-state index contributed by atoms with van der Waals surface area (Å²) in [7, 11) is 0.400. The zero-order valence-corrected chi connectivity index (χ0v) is 37.5. The molecule has 0 saturated carbocycles. The van der Waals surface area contributed by atoms with Crippen molar-refractivity contribution >= 4 is 49.7 Å². The van der Waals surface area contributed by atoms with Crippen LogP contribution in [0.1, 0.15) is 81.5 Å². The molecule has 0 unspecified atom stereocenters. The predicted molar refractivity (Wildman–Crippen MR) is 235 cm³/mol. The first kappa shape index (κ1) is 48.2. The fourth-order valence-electron chi connectivity index (χ4n) is 5.69. The molecule has 11 nitrogen and oxygen atoms in total. The molecular weight excluding hydrogens is 809 g/mol. The summed E-state index contributed by atoms with van der Waals surface area (Å²) in [5, 5.41) is 20.5. The third-order valence-corrected chi connectivity index (χ3v) is 15.3. The highest BCUT2D eigenvalue weighted by atomic mass is 35.5. The molecule has 0 aliphatic carbocycles. The van der Waals surface area contributed by atoms with E-state index in [4.69, 9.17) is 42.8 Å². The number of carbonyl (C=O) groups excluding carboxylic acids is 3. The smallest absolute Gasteiger partial charge is 0.341 e. The van der Waals surface area contributed by atoms with Gasteiger partial charge in [0.05, 0.1) is 19.2 Å². The Labute approximate surface area is 358 Å². The van der Waals surface area contributed by atoms with Crippen LogP contribution in [0.2, 0.25) is 28.2 Å². The standard InChI is InChI=1S/C20H19ClN2O4.C18H27ClO4Si.C7H9N/c1-27-20(26)18-14(19(21)16(25)11-15(18)24)7-8-17-22-9-10-23(17)12-13-5-3-2-4-6-13;1-12-11-14(23-24(6,7)18(2,3)4)15(17(21)22-5)13(16(12)19)9-8-10-20;8-6-7-4-2-1-3-5-7/h2-6,9-11,24-25H,7-8,12H2,1H3;10-11H,8-9H2,1-7H3;1-5H,6,8H2. The number of carbonyl (C=O) groups is 3. The van der Waals surface area contributed by atoms with Gasteiger partial charge in [0.2, 0.25) is 0 Å². The Morgan fingerprint density at radius 3 is 1.92 bits per heavy atom. The summed E-state index contributed by atoms with van der Waals surface area (Å²) < 4.78 is 18.0. The maximum atomic E-state index is 12.4. The lowest BCUT2D eigenvalue weighted by atomic mass is 9.99. The molecule has 0 amide bonds. The van der Waals surface area contributed by atoms with E-state index in [2.05, 4.69) is 38.8 Å². The second kappa shape index (κ2) is 22.3. The van der Waals surface area contributed by atoms with Crippen molar-refractivity contribution in [2.75, 3.05) is 14.2 Å². The summed E-state index contributed by atoms with van der Waals surface area (Å²) in [5.74, 6) is -0.566. The number of nitrogens with two attached hydrogens (primary N) is 1. The molecule has 0 radical (unpaired) electrons. The second-order valence-electron chi connectivity index (χ2n) is 15.1. The molecule has 5 rings (SSSR count). The van der Waals surface area contributed by atoms with Gasteiger partial charge in [-0.25, -0.2) is 14.6 Å². The topological polar surface area (TPSA) is 163 Å². The lowest BCUT2D eigenvalue weighted by molar-refractivity contribution is -0.107. The first-order chi connectivity index (χ1) is 27.9. The number of halogens is 2. The van der Waals surface area contributed by atoms with Gasteiger partial charge in [-0.3, -0.25) is 0 Å². The van der Waals surface area contributed by atoms with Crippen molar-refractivity contribution in [2.45, 2.75) is 84.6 Å². The molecule has 5 aromatic rings. The summed E-state index contributed by atoms with van der Waals surface area (Å²) >= 11 is 12.6. The summed E-state index contributed by atoms with van der Waals surface area (Å²) in [5.41, 5.74) is 9.73. The number of phenolic OH excluding ortho intramolecular Hbond substituents is 2. The monoisotopic (exact) mass is 863 g/mol. The summed E-state index contributed by atoms with van der Waals surface area (Å²) in [4.78, 5) is 39.6. The van der Waals surface area contributed by atoms with E-state index in [9.17, 15) is 24.6 Å². The van der Waals surface area contributed by atoms with Crippen LogP contribution in [-0.2, 0) is 46.6 Å². The zero-order chi connectivity index (χ0) is 43.9. The maximum absolute atomic E-state index is 12.4. The van der Waals surface area contributed by atoms with Crippen LogP contribution in [-0.4, -0.2) is 60.5 Å². The van der Waals surface area contributed by atoms with Crippen molar-refractivity contribution < 1.29 is 38.5 Å². The molecule has 0 aliphatic heterocycles. The third-order valence-electron chi connectivity index (χ3n) is 9.97. The van der Waals surface area contributed by atoms with E-state index in [-0.39, 0.29) is 33.5 Å². The highest BCUT2D eigenvalue weighted by molar-refractivity contribution is 6.74. The van der Waals surface area contributed by atoms with Crippen LogP contribution in [0.15, 0.2) is 85.2 Å². The summed E-state index contributed by atoms with van der Waals surface area (Å²) in [6, 6.07) is 22.8. The van der Waals surface area contributed by atoms with Gasteiger partial charge in [-0.1, -0.05) is 105 Å². The lowest BCUT2D eigenvalue weighted by Gasteiger charge is -2.37. The van der Waals surface area contributed by atoms with E-state index in [1.54, 1.807) is 12.3 Å². The number of esters is 2. The van der Waals surface area contributed by atoms with Crippen LogP contribution >= 0.6 is 23.2 Å². The Bertz CT molecular complexity index is 2170. The summed E-state index contributed by atoms with van der Waals surface area (Å²) in [6.07, 6.45) is 5.83. The minimum absolute atomic E-state index is 0.0170. The molecule has 14 heteroatoms. The first-order valence-corrected chi connectivity index (χ1v) is 22.7. The Morgan fingerprint density at radius 1 is 0.831 bits per heavy atom. The number of aromatic hydroxyl groups is 2. The Balaban J connectivity index is 0.000000267. The highest BCUT2D eigenvalue weighted by Gasteiger charge is 2.40. The van der Waals surface area contributed by atoms with E-state index in [1.165, 1.54) is 19.8 Å². The molecule has 0 bridgehead atoms. The maximum Gasteiger partial charge on any atom is 0.341 e. The minimum atomic E-state index is -2.15. The van der Waals surface area contributed by atoms with Crippen LogP contribution < -0.4 is 10.2 Å². The number of aromatic nitrogens is 2. The van der Waals surface area contributed by atoms with Crippen LogP contribution in [0.4, 0.5) is 0 Å². The van der Waals surface area contributed by atoms with Gasteiger partial charge in [-0.15, -0.1) is 0 Å². The van der Waals surface area contributed by atoms with Crippen molar-refractivity contribution in [3.63, 3.8) is 0 Å². The molecule has 316 valence electrons. The molecule has 0 atom stereocenters. The Morgan fingerprint density at radius 2 is 1.39 bits per heavy atom. The van der Waals surface area contributed by atoms with Crippen molar-refractivity contribution in [2.24, 2.45) is 5.73 Å². The SMILES string of the molecule is COC(=O)c1c(O)cc(O)c(Cl)c1CCc1nccn1Cc1ccccc1.COC(=O)c1c(O[Si](C)(C)C(C)(C)C)cc(C)c(Cl)c1CCC=O.NCc1ccccc1. The molecule has 1 aromatic heterocycles. The van der Waals surface area contributed by atoms with Gasteiger partial charge >= 0.3 is 11.9 Å². The third kappa shape index (κ3) is 13.2. The van der Waals surface area contributed by atoms with Crippen LogP contribution in [0, 0.1) is 6.92 Å². The molecular formula is C45H55Cl2N3O8Si. The molecule has 0 aliphatic rings. The number of benzene rings is 4. The molecule has 59 heavy (non-hydrogen) atoms. The van der Waals surface area contributed by atoms with Gasteiger partial charge in [0, 0.05) is 49.4 Å². The van der Waals surface area contributed by atoms with E-state index in [0.717, 1.165) is 29.3 Å². The molecule has 4 aromatic carbocycles. The highest BCUT2D eigenvalue weighted by Crippen LogP contribution is 2.41. The van der Waals surface area contributed by atoms with Gasteiger partial charge in [-0.05, 0) is 71.8 Å². The fourth-order valence-corrected chi connectivity index (χ4v) is 7.20. The number of imidazole rings is 1. The van der Waals surface area contributed by atoms with Crippen LogP contribution in [0.5, 0.6) is 17.2 Å². The summed E-state index contributed by atoms with van der Waals surface area (Å²) in [6.45, 7) is 13.8. The predicted octanol–water partition coefficient (Wildman–Crippen LogP) is 9.66. The van der Waals surface area contributed by atoms with Crippen LogP contribution in [0.25, 0.3) is 0 Å². The van der Waals surface area contributed by atoms with Crippen molar-refractivity contribution in [3.05, 3.63) is 140 Å². The van der Waals surface area contributed by atoms with Crippen molar-refractivity contribution in [3.8, 4) is 17.2 Å². The zero-order valence-electron chi connectivity index (χ0n) is 35.0. The van der Waals surface area contributed by atoms with Gasteiger partial charge in [0.15, 0.2) is 0 Å². The Kier molecular flexibility index (Phi) is 18.2. The lowest BCUT2D eigenvalue weighted by Crippen LogP contribution is -2.44. The second-order valence-corrected chi connectivity index (χ2v) is 20.6. The number of hydrogen-bond donors (Lipinski definition) is 3. The number of rotatable bonds is 13. The van der Waals surface area contributed by atoms with Gasteiger partial charge in [0.1, 0.15) is 40.5 Å². The average Bonchev–Trinajstić information content (AvgIpc) is 3.65. The number of aldehydes is 1. The number of aryl methyl sites for hydroxylation is 2. The first-order valence-electron chi connectivity index (χ1n) is 19.0. The number of methoxy groups -OCH3 is 2. The van der Waals surface area contributed by atoms with Crippen molar-refractivity contribution in [1.29, 1.82) is 0 Å². The quantitative estimate of drug-likeness (QED) is 0.0590. The minimum Gasteiger partial charge on any atom is -0.543 e. The van der Waals surface area contributed by atoms with E-state index in [0.29, 0.717) is 59.8 Å². The molecule has 0 fully saturated rings. The van der Waals surface area contributed by atoms with E-state index < -0.39 is 20.3 Å². The van der Waals surface area contributed by atoms with Gasteiger partial charge in [-0.2, -0.15) is 0 Å². The largest absolute Gasteiger partial charge is 0.543 e. The molecule has 0 spiro atoms. The Hall–Kier alpha value is -5.14. The normalized spacial score (nSPS) is 11.0. The van der Waals surface area contributed by atoms with E-state index in [1.807, 2.05) is 78.4 Å². The number of hydrogen-bond acceptors (Lipinski definition) is 10. The average molecular weight is 865 g/mol. The number of nitrogens with zero attached hydrogens (tertiary/aromatic N) is 2. The van der Waals surface area contributed by atoms with E-state index >= 15 is 0 Å². The molecule has 0 saturated heterocycles.